The molecule has 22 heavy (non-hydrogen) atoms. The summed E-state index contributed by atoms with van der Waals surface area (Å²) in [5, 5.41) is 0.438. The third-order valence-electron chi connectivity index (χ3n) is 3.29. The molecular formula is C15H21Cl2NO3S. The number of sulfonamides is 1. The molecule has 0 aromatic heterocycles. The van der Waals surface area contributed by atoms with Crippen LogP contribution in [0.1, 0.15) is 45.4 Å². The first-order valence-corrected chi connectivity index (χ1v) is 9.54. The highest BCUT2D eigenvalue weighted by Gasteiger charge is 2.23. The molecule has 0 heterocycles. The Balaban J connectivity index is 2.69. The van der Waals surface area contributed by atoms with Crippen LogP contribution in [0.15, 0.2) is 23.1 Å². The van der Waals surface area contributed by atoms with E-state index in [9.17, 15) is 13.2 Å². The molecule has 0 saturated carbocycles. The van der Waals surface area contributed by atoms with Crippen molar-refractivity contribution < 1.29 is 13.2 Å². The Morgan fingerprint density at radius 3 is 2.09 bits per heavy atom. The van der Waals surface area contributed by atoms with E-state index < -0.39 is 10.0 Å². The molecule has 0 unspecified atom stereocenters. The summed E-state index contributed by atoms with van der Waals surface area (Å²) in [6.07, 6.45) is 6.40. The number of hydrogen-bond acceptors (Lipinski definition) is 3. The lowest BCUT2D eigenvalue weighted by Crippen LogP contribution is -2.30. The first kappa shape index (κ1) is 19.3. The molecule has 0 bridgehead atoms. The fourth-order valence-electron chi connectivity index (χ4n) is 2.09. The van der Waals surface area contributed by atoms with Crippen LogP contribution in [0.5, 0.6) is 0 Å². The van der Waals surface area contributed by atoms with E-state index in [1.54, 1.807) is 0 Å². The Kier molecular flexibility index (Phi) is 8.21. The smallest absolute Gasteiger partial charge is 0.266 e. The van der Waals surface area contributed by atoms with E-state index in [-0.39, 0.29) is 21.5 Å². The SMILES string of the molecule is CCCCCCCCN(C=O)S(=O)(=O)c1cc(Cl)cc(Cl)c1. The number of carbonyl (C=O) groups is 1. The Bertz CT molecular complexity index is 570. The second-order valence-electron chi connectivity index (χ2n) is 5.09. The average molecular weight is 366 g/mol. The third kappa shape index (κ3) is 5.78. The van der Waals surface area contributed by atoms with Crippen molar-refractivity contribution in [3.8, 4) is 0 Å². The van der Waals surface area contributed by atoms with Gasteiger partial charge in [0.1, 0.15) is 0 Å². The lowest BCUT2D eigenvalue weighted by molar-refractivity contribution is -0.114. The molecule has 0 aliphatic heterocycles. The number of halogens is 2. The van der Waals surface area contributed by atoms with Gasteiger partial charge in [-0.15, -0.1) is 0 Å². The molecule has 1 aromatic rings. The summed E-state index contributed by atoms with van der Waals surface area (Å²) < 4.78 is 25.6. The van der Waals surface area contributed by atoms with Gasteiger partial charge in [-0.1, -0.05) is 62.2 Å². The molecule has 0 fully saturated rings. The number of carbonyl (C=O) groups excluding carboxylic acids is 1. The predicted molar refractivity (Wildman–Crippen MR) is 89.8 cm³/mol. The summed E-state index contributed by atoms with van der Waals surface area (Å²) in [5.74, 6) is 0. The zero-order valence-corrected chi connectivity index (χ0v) is 14.9. The second-order valence-corrected chi connectivity index (χ2v) is 7.86. The fourth-order valence-corrected chi connectivity index (χ4v) is 4.05. The molecule has 0 atom stereocenters. The quantitative estimate of drug-likeness (QED) is 0.453. The van der Waals surface area contributed by atoms with Crippen LogP contribution in [0.25, 0.3) is 0 Å². The van der Waals surface area contributed by atoms with Crippen LogP contribution < -0.4 is 0 Å². The molecule has 1 amide bonds. The van der Waals surface area contributed by atoms with E-state index >= 15 is 0 Å². The Hall–Kier alpha value is -0.780. The molecule has 1 aromatic carbocycles. The summed E-state index contributed by atoms with van der Waals surface area (Å²) in [5.41, 5.74) is 0. The van der Waals surface area contributed by atoms with Gasteiger partial charge in [-0.2, -0.15) is 0 Å². The molecule has 124 valence electrons. The van der Waals surface area contributed by atoms with E-state index in [0.29, 0.717) is 12.8 Å². The zero-order chi connectivity index (χ0) is 16.6. The van der Waals surface area contributed by atoms with E-state index in [1.165, 1.54) is 24.6 Å². The summed E-state index contributed by atoms with van der Waals surface area (Å²) in [7, 11) is -3.90. The molecule has 4 nitrogen and oxygen atoms in total. The lowest BCUT2D eigenvalue weighted by Gasteiger charge is -2.18. The van der Waals surface area contributed by atoms with Crippen molar-refractivity contribution in [1.82, 2.24) is 4.31 Å². The Morgan fingerprint density at radius 2 is 1.55 bits per heavy atom. The van der Waals surface area contributed by atoms with Crippen LogP contribution in [0.3, 0.4) is 0 Å². The van der Waals surface area contributed by atoms with Gasteiger partial charge in [0.05, 0.1) is 4.90 Å². The molecular weight excluding hydrogens is 345 g/mol. The van der Waals surface area contributed by atoms with Gasteiger partial charge in [0.2, 0.25) is 6.41 Å². The van der Waals surface area contributed by atoms with Crippen molar-refractivity contribution >= 4 is 39.6 Å². The van der Waals surface area contributed by atoms with E-state index in [2.05, 4.69) is 6.92 Å². The van der Waals surface area contributed by atoms with Gasteiger partial charge in [-0.05, 0) is 24.6 Å². The van der Waals surface area contributed by atoms with E-state index in [1.807, 2.05) is 0 Å². The monoisotopic (exact) mass is 365 g/mol. The summed E-state index contributed by atoms with van der Waals surface area (Å²) in [4.78, 5) is 11.1. The van der Waals surface area contributed by atoms with Crippen LogP contribution in [0.2, 0.25) is 10.0 Å². The molecule has 0 aliphatic rings. The summed E-state index contributed by atoms with van der Waals surface area (Å²) in [6, 6.07) is 4.03. The first-order valence-electron chi connectivity index (χ1n) is 7.35. The highest BCUT2D eigenvalue weighted by Crippen LogP contribution is 2.24. The number of unbranched alkanes of at least 4 members (excludes halogenated alkanes) is 5. The van der Waals surface area contributed by atoms with Gasteiger partial charge < -0.3 is 0 Å². The average Bonchev–Trinajstić information content (AvgIpc) is 2.45. The fraction of sp³-hybridized carbons (Fsp3) is 0.533. The van der Waals surface area contributed by atoms with E-state index in [0.717, 1.165) is 30.0 Å². The molecule has 1 rings (SSSR count). The molecule has 0 spiro atoms. The minimum Gasteiger partial charge on any atom is -0.278 e. The number of amides is 1. The van der Waals surface area contributed by atoms with Crippen LogP contribution >= 0.6 is 23.2 Å². The number of rotatable bonds is 10. The number of benzene rings is 1. The van der Waals surface area contributed by atoms with Crippen molar-refractivity contribution in [2.75, 3.05) is 6.54 Å². The minimum absolute atomic E-state index is 0.0666. The third-order valence-corrected chi connectivity index (χ3v) is 5.45. The van der Waals surface area contributed by atoms with Crippen LogP contribution in [-0.2, 0) is 14.8 Å². The number of hydrogen-bond donors (Lipinski definition) is 0. The Morgan fingerprint density at radius 1 is 1.00 bits per heavy atom. The largest absolute Gasteiger partial charge is 0.278 e. The van der Waals surface area contributed by atoms with Crippen molar-refractivity contribution in [2.24, 2.45) is 0 Å². The van der Waals surface area contributed by atoms with Crippen LogP contribution in [0, 0.1) is 0 Å². The Labute approximate surface area is 142 Å². The van der Waals surface area contributed by atoms with E-state index in [4.69, 9.17) is 23.2 Å². The highest BCUT2D eigenvalue weighted by molar-refractivity contribution is 7.89. The molecule has 0 aliphatic carbocycles. The van der Waals surface area contributed by atoms with Crippen molar-refractivity contribution in [2.45, 2.75) is 50.3 Å². The van der Waals surface area contributed by atoms with Crippen LogP contribution in [0.4, 0.5) is 0 Å². The first-order chi connectivity index (χ1) is 10.4. The van der Waals surface area contributed by atoms with Gasteiger partial charge >= 0.3 is 0 Å². The minimum atomic E-state index is -3.90. The van der Waals surface area contributed by atoms with Crippen molar-refractivity contribution in [3.05, 3.63) is 28.2 Å². The topological polar surface area (TPSA) is 54.5 Å². The summed E-state index contributed by atoms with van der Waals surface area (Å²) in [6.45, 7) is 2.30. The van der Waals surface area contributed by atoms with Gasteiger partial charge in [0.15, 0.2) is 0 Å². The second kappa shape index (κ2) is 9.38. The van der Waals surface area contributed by atoms with Gasteiger partial charge in [-0.3, -0.25) is 4.79 Å². The predicted octanol–water partition coefficient (Wildman–Crippen LogP) is 4.50. The van der Waals surface area contributed by atoms with Crippen molar-refractivity contribution in [1.29, 1.82) is 0 Å². The standard InChI is InChI=1S/C15H21Cl2NO3S/c1-2-3-4-5-6-7-8-18(12-19)22(20,21)15-10-13(16)9-14(17)11-15/h9-12H,2-8H2,1H3. The molecule has 0 saturated heterocycles. The number of nitrogens with zero attached hydrogens (tertiary/aromatic N) is 1. The van der Waals surface area contributed by atoms with Gasteiger partial charge in [0.25, 0.3) is 10.0 Å². The zero-order valence-electron chi connectivity index (χ0n) is 12.6. The molecule has 0 radical (unpaired) electrons. The maximum absolute atomic E-state index is 12.4. The summed E-state index contributed by atoms with van der Waals surface area (Å²) >= 11 is 11.6. The maximum atomic E-state index is 12.4. The van der Waals surface area contributed by atoms with Crippen LogP contribution in [-0.4, -0.2) is 25.7 Å². The van der Waals surface area contributed by atoms with Crippen molar-refractivity contribution in [3.63, 3.8) is 0 Å². The molecule has 0 N–H and O–H groups in total. The van der Waals surface area contributed by atoms with Gasteiger partial charge in [0, 0.05) is 16.6 Å². The molecule has 7 heteroatoms. The normalized spacial score (nSPS) is 11.4. The maximum Gasteiger partial charge on any atom is 0.266 e. The van der Waals surface area contributed by atoms with Gasteiger partial charge in [-0.25, -0.2) is 12.7 Å². The lowest BCUT2D eigenvalue weighted by atomic mass is 10.1. The highest BCUT2D eigenvalue weighted by atomic mass is 35.5.